The Hall–Kier alpha value is -1.85. The van der Waals surface area contributed by atoms with Crippen LogP contribution in [0.25, 0.3) is 0 Å². The molecule has 0 heterocycles. The number of amides is 1. The lowest BCUT2D eigenvalue weighted by atomic mass is 10.2. The fraction of sp³-hybridized carbons (Fsp3) is 0.316. The first kappa shape index (κ1) is 19.5. The summed E-state index contributed by atoms with van der Waals surface area (Å²) in [7, 11) is 0. The number of halogens is 1. The summed E-state index contributed by atoms with van der Waals surface area (Å²) in [4.78, 5) is 12.2. The second kappa shape index (κ2) is 10.2. The van der Waals surface area contributed by atoms with E-state index in [0.29, 0.717) is 41.2 Å². The maximum atomic E-state index is 12.2. The minimum atomic E-state index is -0.0818. The van der Waals surface area contributed by atoms with Gasteiger partial charge in [0.05, 0.1) is 24.7 Å². The van der Waals surface area contributed by atoms with Crippen LogP contribution >= 0.6 is 23.4 Å². The summed E-state index contributed by atoms with van der Waals surface area (Å²) in [6.45, 7) is 4.92. The lowest BCUT2D eigenvalue weighted by Crippen LogP contribution is -2.15. The summed E-state index contributed by atoms with van der Waals surface area (Å²) in [5.74, 6) is 2.33. The molecule has 0 saturated heterocycles. The van der Waals surface area contributed by atoms with Crippen molar-refractivity contribution in [1.82, 2.24) is 0 Å². The van der Waals surface area contributed by atoms with E-state index < -0.39 is 0 Å². The van der Waals surface area contributed by atoms with Gasteiger partial charge in [-0.1, -0.05) is 23.7 Å². The lowest BCUT2D eigenvalue weighted by Gasteiger charge is -2.13. The number of hydrogen-bond acceptors (Lipinski definition) is 4. The first-order valence-electron chi connectivity index (χ1n) is 8.14. The predicted octanol–water partition coefficient (Wildman–Crippen LogP) is 5.01. The van der Waals surface area contributed by atoms with E-state index in [9.17, 15) is 4.79 Å². The molecule has 0 aromatic heterocycles. The third-order valence-electron chi connectivity index (χ3n) is 3.23. The number of anilines is 1. The monoisotopic (exact) mass is 379 g/mol. The van der Waals surface area contributed by atoms with Gasteiger partial charge in [-0.15, -0.1) is 11.8 Å². The molecule has 0 aliphatic rings. The fourth-order valence-electron chi connectivity index (χ4n) is 2.22. The summed E-state index contributed by atoms with van der Waals surface area (Å²) in [5, 5.41) is 3.61. The molecule has 0 fully saturated rings. The van der Waals surface area contributed by atoms with E-state index in [-0.39, 0.29) is 5.91 Å². The highest BCUT2D eigenvalue weighted by Crippen LogP contribution is 2.29. The molecule has 134 valence electrons. The molecule has 0 aliphatic heterocycles. The first-order valence-corrected chi connectivity index (χ1v) is 9.67. The molecule has 0 unspecified atom stereocenters. The summed E-state index contributed by atoms with van der Waals surface area (Å²) in [6.07, 6.45) is 0. The Morgan fingerprint density at radius 2 is 1.92 bits per heavy atom. The molecule has 0 bridgehead atoms. The Bertz CT molecular complexity index is 709. The molecular formula is C19H22ClNO3S. The molecule has 1 amide bonds. The molecule has 0 radical (unpaired) electrons. The molecule has 2 aromatic carbocycles. The summed E-state index contributed by atoms with van der Waals surface area (Å²) in [6, 6.07) is 13.1. The van der Waals surface area contributed by atoms with Gasteiger partial charge in [-0.05, 0) is 43.7 Å². The third-order valence-corrected chi connectivity index (χ3v) is 4.47. The minimum absolute atomic E-state index is 0.0818. The average molecular weight is 380 g/mol. The van der Waals surface area contributed by atoms with Gasteiger partial charge in [0.2, 0.25) is 5.91 Å². The van der Waals surface area contributed by atoms with E-state index in [1.54, 1.807) is 6.07 Å². The van der Waals surface area contributed by atoms with Crippen molar-refractivity contribution in [3.05, 3.63) is 53.1 Å². The molecule has 2 rings (SSSR count). The quantitative estimate of drug-likeness (QED) is 0.665. The molecule has 1 N–H and O–H groups in total. The maximum Gasteiger partial charge on any atom is 0.234 e. The first-order chi connectivity index (χ1) is 12.1. The van der Waals surface area contributed by atoms with Crippen molar-refractivity contribution in [2.24, 2.45) is 0 Å². The second-order valence-corrected chi connectivity index (χ2v) is 6.62. The van der Waals surface area contributed by atoms with Crippen LogP contribution in [0.5, 0.6) is 11.5 Å². The fourth-order valence-corrected chi connectivity index (χ4v) is 3.21. The van der Waals surface area contributed by atoms with Crippen LogP contribution < -0.4 is 14.8 Å². The number of nitrogens with one attached hydrogen (secondary N) is 1. The van der Waals surface area contributed by atoms with Gasteiger partial charge in [-0.2, -0.15) is 0 Å². The largest absolute Gasteiger partial charge is 0.494 e. The van der Waals surface area contributed by atoms with Crippen LogP contribution in [-0.4, -0.2) is 24.9 Å². The summed E-state index contributed by atoms with van der Waals surface area (Å²) < 4.78 is 11.1. The standard InChI is InChI=1S/C19H22ClNO3S/c1-3-23-16-8-9-18(24-4-2)17(11-16)21-19(22)13-25-12-14-6-5-7-15(20)10-14/h5-11H,3-4,12-13H2,1-2H3,(H,21,22). The van der Waals surface area contributed by atoms with Gasteiger partial charge in [-0.25, -0.2) is 0 Å². The number of hydrogen-bond donors (Lipinski definition) is 1. The molecule has 0 atom stereocenters. The van der Waals surface area contributed by atoms with Crippen molar-refractivity contribution in [2.45, 2.75) is 19.6 Å². The molecular weight excluding hydrogens is 358 g/mol. The van der Waals surface area contributed by atoms with Crippen LogP contribution in [0.3, 0.4) is 0 Å². The highest BCUT2D eigenvalue weighted by atomic mass is 35.5. The smallest absolute Gasteiger partial charge is 0.234 e. The van der Waals surface area contributed by atoms with Crippen molar-refractivity contribution in [2.75, 3.05) is 24.3 Å². The zero-order valence-corrected chi connectivity index (χ0v) is 16.0. The van der Waals surface area contributed by atoms with Gasteiger partial charge < -0.3 is 14.8 Å². The summed E-state index contributed by atoms with van der Waals surface area (Å²) >= 11 is 7.50. The average Bonchev–Trinajstić information content (AvgIpc) is 2.58. The molecule has 2 aromatic rings. The van der Waals surface area contributed by atoms with Crippen molar-refractivity contribution in [3.63, 3.8) is 0 Å². The van der Waals surface area contributed by atoms with Gasteiger partial charge in [0.1, 0.15) is 11.5 Å². The van der Waals surface area contributed by atoms with Crippen LogP contribution in [0.2, 0.25) is 5.02 Å². The topological polar surface area (TPSA) is 47.6 Å². The second-order valence-electron chi connectivity index (χ2n) is 5.19. The Morgan fingerprint density at radius 1 is 1.12 bits per heavy atom. The molecule has 0 saturated carbocycles. The highest BCUT2D eigenvalue weighted by molar-refractivity contribution is 7.99. The lowest BCUT2D eigenvalue weighted by molar-refractivity contribution is -0.113. The van der Waals surface area contributed by atoms with Gasteiger partial charge >= 0.3 is 0 Å². The third kappa shape index (κ3) is 6.52. The molecule has 6 heteroatoms. The summed E-state index contributed by atoms with van der Waals surface area (Å²) in [5.41, 5.74) is 1.72. The molecule has 25 heavy (non-hydrogen) atoms. The zero-order chi connectivity index (χ0) is 18.1. The van der Waals surface area contributed by atoms with Crippen molar-refractivity contribution < 1.29 is 14.3 Å². The number of carbonyl (C=O) groups excluding carboxylic acids is 1. The number of carbonyl (C=O) groups is 1. The van der Waals surface area contributed by atoms with Gasteiger partial charge in [-0.3, -0.25) is 4.79 Å². The zero-order valence-electron chi connectivity index (χ0n) is 14.4. The van der Waals surface area contributed by atoms with Gasteiger partial charge in [0.25, 0.3) is 0 Å². The van der Waals surface area contributed by atoms with Gasteiger partial charge in [0, 0.05) is 16.8 Å². The Balaban J connectivity index is 1.93. The van der Waals surface area contributed by atoms with E-state index in [0.717, 1.165) is 11.3 Å². The molecule has 0 aliphatic carbocycles. The van der Waals surface area contributed by atoms with E-state index in [4.69, 9.17) is 21.1 Å². The predicted molar refractivity (Wildman–Crippen MR) is 105 cm³/mol. The Morgan fingerprint density at radius 3 is 2.64 bits per heavy atom. The van der Waals surface area contributed by atoms with E-state index in [2.05, 4.69) is 5.32 Å². The number of benzene rings is 2. The van der Waals surface area contributed by atoms with E-state index in [1.807, 2.05) is 50.2 Å². The van der Waals surface area contributed by atoms with Crippen LogP contribution in [0.4, 0.5) is 5.69 Å². The molecule has 0 spiro atoms. The van der Waals surface area contributed by atoms with Crippen molar-refractivity contribution in [3.8, 4) is 11.5 Å². The van der Waals surface area contributed by atoms with Crippen LogP contribution in [-0.2, 0) is 10.5 Å². The van der Waals surface area contributed by atoms with Crippen LogP contribution in [0, 0.1) is 0 Å². The van der Waals surface area contributed by atoms with Crippen LogP contribution in [0.1, 0.15) is 19.4 Å². The highest BCUT2D eigenvalue weighted by Gasteiger charge is 2.10. The van der Waals surface area contributed by atoms with Crippen LogP contribution in [0.15, 0.2) is 42.5 Å². The van der Waals surface area contributed by atoms with E-state index in [1.165, 1.54) is 11.8 Å². The van der Waals surface area contributed by atoms with Gasteiger partial charge in [0.15, 0.2) is 0 Å². The number of ether oxygens (including phenoxy) is 2. The number of thioether (sulfide) groups is 1. The Kier molecular flexibility index (Phi) is 7.95. The minimum Gasteiger partial charge on any atom is -0.494 e. The molecule has 4 nitrogen and oxygen atoms in total. The Labute approximate surface area is 157 Å². The van der Waals surface area contributed by atoms with E-state index >= 15 is 0 Å². The van der Waals surface area contributed by atoms with Crippen molar-refractivity contribution >= 4 is 35.0 Å². The SMILES string of the molecule is CCOc1ccc(OCC)c(NC(=O)CSCc2cccc(Cl)c2)c1. The normalized spacial score (nSPS) is 10.4. The number of rotatable bonds is 9. The van der Waals surface area contributed by atoms with Crippen molar-refractivity contribution in [1.29, 1.82) is 0 Å². The maximum absolute atomic E-state index is 12.2.